The van der Waals surface area contributed by atoms with Gasteiger partial charge >= 0.3 is 6.18 Å². The predicted octanol–water partition coefficient (Wildman–Crippen LogP) is 4.37. The summed E-state index contributed by atoms with van der Waals surface area (Å²) in [5, 5.41) is 6.43. The lowest BCUT2D eigenvalue weighted by molar-refractivity contribution is -0.140. The first-order valence-electron chi connectivity index (χ1n) is 10.9. The van der Waals surface area contributed by atoms with Crippen molar-refractivity contribution in [1.29, 1.82) is 0 Å². The van der Waals surface area contributed by atoms with Crippen LogP contribution < -0.4 is 9.80 Å². The average Bonchev–Trinajstić information content (AvgIpc) is 3.34. The number of rotatable bonds is 4. The van der Waals surface area contributed by atoms with E-state index >= 15 is 0 Å². The fourth-order valence-corrected chi connectivity index (χ4v) is 5.04. The van der Waals surface area contributed by atoms with Gasteiger partial charge in [-0.1, -0.05) is 6.07 Å². The van der Waals surface area contributed by atoms with Crippen LogP contribution in [0.2, 0.25) is 0 Å². The number of alkyl halides is 3. The topological polar surface area (TPSA) is 82.2 Å². The molecule has 11 heteroatoms. The summed E-state index contributed by atoms with van der Waals surface area (Å²) >= 11 is 0. The van der Waals surface area contributed by atoms with Gasteiger partial charge in [-0.2, -0.15) is 18.3 Å². The van der Waals surface area contributed by atoms with Gasteiger partial charge in [-0.05, 0) is 48.0 Å². The molecule has 0 bridgehead atoms. The number of H-pyrrole nitrogens is 1. The van der Waals surface area contributed by atoms with Crippen LogP contribution in [0, 0.1) is 0 Å². The van der Waals surface area contributed by atoms with Crippen LogP contribution >= 0.6 is 0 Å². The van der Waals surface area contributed by atoms with Crippen molar-refractivity contribution in [2.24, 2.45) is 0 Å². The highest BCUT2D eigenvalue weighted by atomic mass is 32.2. The summed E-state index contributed by atoms with van der Waals surface area (Å²) in [6, 6.07) is 13.8. The van der Waals surface area contributed by atoms with Crippen LogP contribution in [0.1, 0.15) is 5.69 Å². The standard InChI is InChI=1S/C24H22F3N5O2S/c1-35(33,34)18-5-3-17(4-6-18)31-10-12-32(13-11-31)22-8-9-28-21-7-2-16(14-19(21)22)20-15-29-30-23(20)24(25,26)27/h2-9,14-15H,10-13H2,1H3,(H,29,30). The third-order valence-corrected chi connectivity index (χ3v) is 7.33. The highest BCUT2D eigenvalue weighted by Crippen LogP contribution is 2.37. The van der Waals surface area contributed by atoms with E-state index in [2.05, 4.69) is 25.0 Å². The second-order valence-electron chi connectivity index (χ2n) is 8.46. The minimum atomic E-state index is -4.53. The van der Waals surface area contributed by atoms with Gasteiger partial charge in [-0.3, -0.25) is 10.1 Å². The first kappa shape index (κ1) is 23.2. The van der Waals surface area contributed by atoms with Gasteiger partial charge in [0.05, 0.1) is 16.6 Å². The molecule has 1 saturated heterocycles. The number of aromatic amines is 1. The SMILES string of the molecule is CS(=O)(=O)c1ccc(N2CCN(c3ccnc4ccc(-c5cn[nH]c5C(F)(F)F)cc34)CC2)cc1. The molecule has 0 spiro atoms. The number of fused-ring (bicyclic) bond motifs is 1. The molecule has 0 saturated carbocycles. The molecule has 4 aromatic rings. The molecule has 1 fully saturated rings. The van der Waals surface area contributed by atoms with Crippen molar-refractivity contribution >= 4 is 32.1 Å². The first-order chi connectivity index (χ1) is 16.6. The number of nitrogens with one attached hydrogen (secondary N) is 1. The Kier molecular flexibility index (Phi) is 5.66. The van der Waals surface area contributed by atoms with Crippen molar-refractivity contribution in [3.8, 4) is 11.1 Å². The van der Waals surface area contributed by atoms with E-state index < -0.39 is 21.7 Å². The molecule has 0 radical (unpaired) electrons. The molecule has 1 aliphatic rings. The van der Waals surface area contributed by atoms with Gasteiger partial charge in [0.1, 0.15) is 5.69 Å². The smallest absolute Gasteiger partial charge is 0.368 e. The van der Waals surface area contributed by atoms with E-state index in [4.69, 9.17) is 0 Å². The molecule has 0 unspecified atom stereocenters. The summed E-state index contributed by atoms with van der Waals surface area (Å²) in [5.74, 6) is 0. The second kappa shape index (κ2) is 8.56. The zero-order valence-corrected chi connectivity index (χ0v) is 19.6. The Morgan fingerprint density at radius 2 is 1.63 bits per heavy atom. The highest BCUT2D eigenvalue weighted by Gasteiger charge is 2.36. The Labute approximate surface area is 200 Å². The number of benzene rings is 2. The Morgan fingerprint density at radius 1 is 0.943 bits per heavy atom. The number of nitrogens with zero attached hydrogens (tertiary/aromatic N) is 4. The minimum Gasteiger partial charge on any atom is -0.368 e. The molecule has 0 amide bonds. The maximum Gasteiger partial charge on any atom is 0.433 e. The summed E-state index contributed by atoms with van der Waals surface area (Å²) < 4.78 is 63.6. The number of hydrogen-bond donors (Lipinski definition) is 1. The summed E-state index contributed by atoms with van der Waals surface area (Å²) in [6.07, 6.45) is -0.462. The number of halogens is 3. The Bertz CT molecular complexity index is 1480. The molecule has 1 N–H and O–H groups in total. The molecule has 2 aromatic carbocycles. The first-order valence-corrected chi connectivity index (χ1v) is 12.8. The Balaban J connectivity index is 1.40. The van der Waals surface area contributed by atoms with Crippen molar-refractivity contribution < 1.29 is 21.6 Å². The average molecular weight is 502 g/mol. The lowest BCUT2D eigenvalue weighted by Crippen LogP contribution is -2.46. The number of sulfone groups is 1. The molecule has 7 nitrogen and oxygen atoms in total. The van der Waals surface area contributed by atoms with Gasteiger partial charge in [-0.15, -0.1) is 0 Å². The summed E-state index contributed by atoms with van der Waals surface area (Å²) in [6.45, 7) is 2.80. The quantitative estimate of drug-likeness (QED) is 0.447. The molecule has 2 aromatic heterocycles. The van der Waals surface area contributed by atoms with E-state index in [0.29, 0.717) is 37.3 Å². The molecule has 5 rings (SSSR count). The van der Waals surface area contributed by atoms with Crippen molar-refractivity contribution in [2.45, 2.75) is 11.1 Å². The zero-order chi connectivity index (χ0) is 24.8. The van der Waals surface area contributed by atoms with E-state index in [-0.39, 0.29) is 10.5 Å². The number of pyridine rings is 1. The molecule has 0 aliphatic carbocycles. The zero-order valence-electron chi connectivity index (χ0n) is 18.7. The van der Waals surface area contributed by atoms with Gasteiger partial charge in [0.2, 0.25) is 0 Å². The third-order valence-electron chi connectivity index (χ3n) is 6.20. The third kappa shape index (κ3) is 4.55. The van der Waals surface area contributed by atoms with E-state index in [1.165, 1.54) is 12.5 Å². The van der Waals surface area contributed by atoms with Gasteiger partial charge < -0.3 is 9.80 Å². The molecular weight excluding hydrogens is 479 g/mol. The maximum absolute atomic E-state index is 13.4. The molecule has 1 aliphatic heterocycles. The Morgan fingerprint density at radius 3 is 2.29 bits per heavy atom. The van der Waals surface area contributed by atoms with Crippen molar-refractivity contribution in [2.75, 3.05) is 42.2 Å². The van der Waals surface area contributed by atoms with E-state index in [1.807, 2.05) is 18.2 Å². The van der Waals surface area contributed by atoms with Crippen LogP contribution in [-0.2, 0) is 16.0 Å². The summed E-state index contributed by atoms with van der Waals surface area (Å²) in [4.78, 5) is 9.04. The number of piperazine rings is 1. The van der Waals surface area contributed by atoms with E-state index in [1.54, 1.807) is 36.5 Å². The van der Waals surface area contributed by atoms with Crippen LogP contribution in [0.3, 0.4) is 0 Å². The van der Waals surface area contributed by atoms with Crippen LogP contribution in [0.25, 0.3) is 22.0 Å². The summed E-state index contributed by atoms with van der Waals surface area (Å²) in [5.41, 5.74) is 2.08. The molecule has 182 valence electrons. The summed E-state index contributed by atoms with van der Waals surface area (Å²) in [7, 11) is -3.25. The van der Waals surface area contributed by atoms with Crippen molar-refractivity contribution in [1.82, 2.24) is 15.2 Å². The van der Waals surface area contributed by atoms with Crippen LogP contribution in [0.5, 0.6) is 0 Å². The van der Waals surface area contributed by atoms with Crippen LogP contribution in [0.15, 0.2) is 65.8 Å². The number of hydrogen-bond acceptors (Lipinski definition) is 6. The number of aromatic nitrogens is 3. The molecule has 3 heterocycles. The molecular formula is C24H22F3N5O2S. The fraction of sp³-hybridized carbons (Fsp3) is 0.250. The van der Waals surface area contributed by atoms with E-state index in [0.717, 1.165) is 16.8 Å². The van der Waals surface area contributed by atoms with Crippen molar-refractivity contribution in [3.63, 3.8) is 0 Å². The van der Waals surface area contributed by atoms with Gasteiger partial charge in [-0.25, -0.2) is 8.42 Å². The lowest BCUT2D eigenvalue weighted by atomic mass is 10.0. The molecule has 0 atom stereocenters. The molecule has 35 heavy (non-hydrogen) atoms. The monoisotopic (exact) mass is 501 g/mol. The maximum atomic E-state index is 13.4. The number of anilines is 2. The highest BCUT2D eigenvalue weighted by molar-refractivity contribution is 7.90. The predicted molar refractivity (Wildman–Crippen MR) is 128 cm³/mol. The second-order valence-corrected chi connectivity index (χ2v) is 10.5. The fourth-order valence-electron chi connectivity index (χ4n) is 4.41. The lowest BCUT2D eigenvalue weighted by Gasteiger charge is -2.37. The Hall–Kier alpha value is -3.60. The normalized spacial score (nSPS) is 15.1. The van der Waals surface area contributed by atoms with Crippen LogP contribution in [0.4, 0.5) is 24.5 Å². The minimum absolute atomic E-state index is 0.00318. The van der Waals surface area contributed by atoms with Gasteiger partial charge in [0, 0.05) is 61.0 Å². The van der Waals surface area contributed by atoms with E-state index in [9.17, 15) is 21.6 Å². The van der Waals surface area contributed by atoms with Gasteiger partial charge in [0.25, 0.3) is 0 Å². The van der Waals surface area contributed by atoms with Gasteiger partial charge in [0.15, 0.2) is 9.84 Å². The van der Waals surface area contributed by atoms with Crippen LogP contribution in [-0.4, -0.2) is 56.0 Å². The van der Waals surface area contributed by atoms with Crippen molar-refractivity contribution in [3.05, 3.63) is 66.6 Å². The largest absolute Gasteiger partial charge is 0.433 e.